The van der Waals surface area contributed by atoms with Crippen molar-refractivity contribution in [3.8, 4) is 5.88 Å². The summed E-state index contributed by atoms with van der Waals surface area (Å²) in [5, 5.41) is 0. The Morgan fingerprint density at radius 1 is 1.03 bits per heavy atom. The third-order valence-electron chi connectivity index (χ3n) is 4.86. The maximum Gasteiger partial charge on any atom is 0.344 e. The van der Waals surface area contributed by atoms with E-state index in [1.807, 2.05) is 38.1 Å². The first-order valence-corrected chi connectivity index (χ1v) is 9.41. The average molecular weight is 392 g/mol. The van der Waals surface area contributed by atoms with Crippen molar-refractivity contribution >= 4 is 11.8 Å². The molecule has 0 spiro atoms. The lowest BCUT2D eigenvalue weighted by Gasteiger charge is -2.10. The van der Waals surface area contributed by atoms with Gasteiger partial charge in [-0.05, 0) is 44.0 Å². The Morgan fingerprint density at radius 2 is 1.79 bits per heavy atom. The molecule has 29 heavy (non-hydrogen) atoms. The number of hydrogen-bond donors (Lipinski definition) is 0. The van der Waals surface area contributed by atoms with Crippen molar-refractivity contribution in [3.63, 3.8) is 0 Å². The van der Waals surface area contributed by atoms with E-state index in [0.717, 1.165) is 24.4 Å². The van der Waals surface area contributed by atoms with E-state index in [1.165, 1.54) is 18.9 Å². The van der Waals surface area contributed by atoms with Gasteiger partial charge in [0.2, 0.25) is 11.7 Å². The van der Waals surface area contributed by atoms with E-state index in [1.54, 1.807) is 12.1 Å². The second-order valence-corrected chi connectivity index (χ2v) is 6.73. The second kappa shape index (κ2) is 9.19. The highest BCUT2D eigenvalue weighted by Gasteiger charge is 2.19. The van der Waals surface area contributed by atoms with Gasteiger partial charge in [0.15, 0.2) is 6.61 Å². The number of aromatic nitrogens is 2. The molecule has 2 aromatic heterocycles. The highest BCUT2D eigenvalue weighted by atomic mass is 16.5. The van der Waals surface area contributed by atoms with Crippen molar-refractivity contribution in [1.29, 1.82) is 0 Å². The molecule has 0 N–H and O–H groups in total. The molecule has 0 aliphatic heterocycles. The first kappa shape index (κ1) is 20.3. The number of Topliss-reactive ketones (excluding diaryl/α,β-unsaturated/α-hetero) is 1. The Kier molecular flexibility index (Phi) is 6.44. The van der Waals surface area contributed by atoms with Crippen LogP contribution in [0.15, 0.2) is 54.7 Å². The Labute approximate surface area is 170 Å². The zero-order chi connectivity index (χ0) is 20.8. The molecular formula is C23H24N2O4. The minimum absolute atomic E-state index is 0.170. The number of pyridine rings is 1. The van der Waals surface area contributed by atoms with Gasteiger partial charge in [0.05, 0.1) is 7.11 Å². The van der Waals surface area contributed by atoms with Gasteiger partial charge in [-0.1, -0.05) is 30.3 Å². The lowest BCUT2D eigenvalue weighted by atomic mass is 10.1. The smallest absolute Gasteiger partial charge is 0.344 e. The molecule has 0 fully saturated rings. The van der Waals surface area contributed by atoms with Gasteiger partial charge in [-0.15, -0.1) is 0 Å². The molecule has 6 nitrogen and oxygen atoms in total. The maximum absolute atomic E-state index is 12.7. The Balaban J connectivity index is 1.66. The predicted molar refractivity (Wildman–Crippen MR) is 109 cm³/mol. The Bertz CT molecular complexity index is 1010. The fourth-order valence-corrected chi connectivity index (χ4v) is 3.31. The van der Waals surface area contributed by atoms with Crippen molar-refractivity contribution in [1.82, 2.24) is 9.55 Å². The number of ether oxygens (including phenoxy) is 2. The van der Waals surface area contributed by atoms with Crippen LogP contribution in [-0.2, 0) is 17.7 Å². The lowest BCUT2D eigenvalue weighted by molar-refractivity contribution is 0.0470. The van der Waals surface area contributed by atoms with Crippen molar-refractivity contribution < 1.29 is 19.1 Å². The monoisotopic (exact) mass is 392 g/mol. The number of nitrogens with zero attached hydrogens (tertiary/aromatic N) is 2. The van der Waals surface area contributed by atoms with E-state index in [0.29, 0.717) is 5.56 Å². The van der Waals surface area contributed by atoms with E-state index < -0.39 is 5.97 Å². The van der Waals surface area contributed by atoms with Crippen molar-refractivity contribution in [2.75, 3.05) is 13.7 Å². The number of carbonyl (C=O) groups is 2. The van der Waals surface area contributed by atoms with Crippen LogP contribution in [0.5, 0.6) is 5.88 Å². The molecule has 2 heterocycles. The van der Waals surface area contributed by atoms with E-state index in [2.05, 4.69) is 21.7 Å². The van der Waals surface area contributed by atoms with Crippen LogP contribution in [0.25, 0.3) is 0 Å². The lowest BCUT2D eigenvalue weighted by Crippen LogP contribution is -2.16. The minimum Gasteiger partial charge on any atom is -0.480 e. The maximum atomic E-state index is 12.7. The molecule has 1 aromatic carbocycles. The summed E-state index contributed by atoms with van der Waals surface area (Å²) in [7, 11) is 1.43. The largest absolute Gasteiger partial charge is 0.480 e. The number of benzene rings is 1. The van der Waals surface area contributed by atoms with Gasteiger partial charge in [0, 0.05) is 29.7 Å². The highest BCUT2D eigenvalue weighted by molar-refractivity contribution is 6.00. The van der Waals surface area contributed by atoms with Crippen molar-refractivity contribution in [3.05, 3.63) is 82.8 Å². The molecule has 0 saturated heterocycles. The number of ketones is 1. The van der Waals surface area contributed by atoms with Crippen LogP contribution in [0.3, 0.4) is 0 Å². The number of carbonyl (C=O) groups excluding carboxylic acids is 2. The Morgan fingerprint density at radius 3 is 2.52 bits per heavy atom. The second-order valence-electron chi connectivity index (χ2n) is 6.73. The van der Waals surface area contributed by atoms with Crippen LogP contribution in [0.4, 0.5) is 0 Å². The van der Waals surface area contributed by atoms with Crippen LogP contribution in [0, 0.1) is 13.8 Å². The van der Waals surface area contributed by atoms with Crippen LogP contribution in [0.2, 0.25) is 0 Å². The fraction of sp³-hybridized carbons (Fsp3) is 0.261. The van der Waals surface area contributed by atoms with Gasteiger partial charge in [0.1, 0.15) is 5.56 Å². The average Bonchev–Trinajstić information content (AvgIpc) is 3.04. The molecule has 0 radical (unpaired) electrons. The highest BCUT2D eigenvalue weighted by Crippen LogP contribution is 2.18. The zero-order valence-electron chi connectivity index (χ0n) is 16.8. The van der Waals surface area contributed by atoms with Gasteiger partial charge < -0.3 is 14.0 Å². The molecule has 150 valence electrons. The summed E-state index contributed by atoms with van der Waals surface area (Å²) < 4.78 is 12.4. The third kappa shape index (κ3) is 4.71. The summed E-state index contributed by atoms with van der Waals surface area (Å²) in [5.74, 6) is -0.703. The standard InChI is InChI=1S/C23H24N2O4/c1-16-14-20(17(2)25(16)13-11-18-8-5-4-6-9-18)21(26)15-29-23(27)19-10-7-12-24-22(19)28-3/h4-10,12,14H,11,13,15H2,1-3H3. The first-order valence-electron chi connectivity index (χ1n) is 9.41. The van der Waals surface area contributed by atoms with E-state index in [9.17, 15) is 9.59 Å². The van der Waals surface area contributed by atoms with Crippen molar-refractivity contribution in [2.45, 2.75) is 26.8 Å². The molecule has 0 atom stereocenters. The van der Waals surface area contributed by atoms with E-state index in [-0.39, 0.29) is 23.8 Å². The van der Waals surface area contributed by atoms with Gasteiger partial charge >= 0.3 is 5.97 Å². The molecular weight excluding hydrogens is 368 g/mol. The number of methoxy groups -OCH3 is 1. The van der Waals surface area contributed by atoms with E-state index in [4.69, 9.17) is 9.47 Å². The quantitative estimate of drug-likeness (QED) is 0.431. The summed E-state index contributed by atoms with van der Waals surface area (Å²) in [6, 6.07) is 15.2. The molecule has 0 aliphatic rings. The summed E-state index contributed by atoms with van der Waals surface area (Å²) >= 11 is 0. The van der Waals surface area contributed by atoms with Gasteiger partial charge in [-0.25, -0.2) is 9.78 Å². The zero-order valence-corrected chi connectivity index (χ0v) is 16.8. The fourth-order valence-electron chi connectivity index (χ4n) is 3.31. The van der Waals surface area contributed by atoms with Crippen LogP contribution in [0.1, 0.15) is 37.7 Å². The van der Waals surface area contributed by atoms with Crippen LogP contribution >= 0.6 is 0 Å². The first-order chi connectivity index (χ1) is 14.0. The molecule has 0 bridgehead atoms. The van der Waals surface area contributed by atoms with Gasteiger partial charge in [0.25, 0.3) is 0 Å². The van der Waals surface area contributed by atoms with Gasteiger partial charge in [-0.3, -0.25) is 4.79 Å². The summed E-state index contributed by atoms with van der Waals surface area (Å²) in [6.07, 6.45) is 2.39. The van der Waals surface area contributed by atoms with Gasteiger partial charge in [-0.2, -0.15) is 0 Å². The molecule has 0 saturated carbocycles. The number of hydrogen-bond acceptors (Lipinski definition) is 5. The van der Waals surface area contributed by atoms with E-state index >= 15 is 0 Å². The molecule has 3 rings (SSSR count). The SMILES string of the molecule is COc1ncccc1C(=O)OCC(=O)c1cc(C)n(CCc2ccccc2)c1C. The number of esters is 1. The van der Waals surface area contributed by atoms with Crippen LogP contribution in [-0.4, -0.2) is 35.0 Å². The molecule has 0 aliphatic carbocycles. The number of rotatable bonds is 8. The molecule has 0 unspecified atom stereocenters. The summed E-state index contributed by atoms with van der Waals surface area (Å²) in [6.45, 7) is 4.33. The van der Waals surface area contributed by atoms with Crippen molar-refractivity contribution in [2.24, 2.45) is 0 Å². The Hall–Kier alpha value is -3.41. The minimum atomic E-state index is -0.638. The summed E-state index contributed by atoms with van der Waals surface area (Å²) in [4.78, 5) is 28.9. The molecule has 0 amide bonds. The molecule has 6 heteroatoms. The van der Waals surface area contributed by atoms with Crippen LogP contribution < -0.4 is 4.74 Å². The topological polar surface area (TPSA) is 70.4 Å². The summed E-state index contributed by atoms with van der Waals surface area (Å²) in [5.41, 5.74) is 3.88. The normalized spacial score (nSPS) is 10.6. The molecule has 3 aromatic rings. The predicted octanol–water partition coefficient (Wildman–Crippen LogP) is 3.79. The number of aryl methyl sites for hydroxylation is 2. The third-order valence-corrected chi connectivity index (χ3v) is 4.86.